The molecule has 2 fully saturated rings. The van der Waals surface area contributed by atoms with Crippen molar-refractivity contribution >= 4 is 37.4 Å². The van der Waals surface area contributed by atoms with E-state index in [1.54, 1.807) is 12.0 Å². The summed E-state index contributed by atoms with van der Waals surface area (Å²) >= 11 is 3.40. The average Bonchev–Trinajstić information content (AvgIpc) is 3.04. The molecule has 0 N–H and O–H groups in total. The maximum atomic E-state index is 13.0. The minimum atomic E-state index is -3.22. The second-order valence-electron chi connectivity index (χ2n) is 7.45. The van der Waals surface area contributed by atoms with Crippen LogP contribution in [0.25, 0.3) is 0 Å². The van der Waals surface area contributed by atoms with Crippen LogP contribution in [0.3, 0.4) is 0 Å². The number of amides is 1. The summed E-state index contributed by atoms with van der Waals surface area (Å²) in [5.74, 6) is 1.39. The Labute approximate surface area is 184 Å². The van der Waals surface area contributed by atoms with E-state index in [0.717, 1.165) is 15.9 Å². The number of piperazine rings is 1. The molecule has 4 rings (SSSR count). The predicted octanol–water partition coefficient (Wildman–Crippen LogP) is 2.35. The number of carbonyl (C=O) groups excluding carboxylic acids is 1. The number of rotatable bonds is 6. The van der Waals surface area contributed by atoms with E-state index < -0.39 is 15.9 Å². The third kappa shape index (κ3) is 4.48. The Kier molecular flexibility index (Phi) is 6.04. The van der Waals surface area contributed by atoms with E-state index in [1.165, 1.54) is 0 Å². The lowest BCUT2D eigenvalue weighted by Gasteiger charge is -2.43. The SMILES string of the molecule is COc1ccc(OCCN2CC(=O)N(c3ccc(Br)cc3)C3CS(=O)(=O)CC32)cc1. The molecular formula is C21H23BrN2O5S. The number of hydrogen-bond acceptors (Lipinski definition) is 6. The number of sulfone groups is 1. The van der Waals surface area contributed by atoms with Crippen LogP contribution in [0.5, 0.6) is 11.5 Å². The molecular weight excluding hydrogens is 472 g/mol. The third-order valence-corrected chi connectivity index (χ3v) is 7.74. The summed E-state index contributed by atoms with van der Waals surface area (Å²) in [7, 11) is -1.61. The van der Waals surface area contributed by atoms with Crippen molar-refractivity contribution in [3.63, 3.8) is 0 Å². The number of anilines is 1. The monoisotopic (exact) mass is 494 g/mol. The number of nitrogens with zero attached hydrogens (tertiary/aromatic N) is 2. The second kappa shape index (κ2) is 8.56. The smallest absolute Gasteiger partial charge is 0.241 e. The molecule has 160 valence electrons. The first kappa shape index (κ1) is 21.1. The molecule has 0 aliphatic carbocycles. The van der Waals surface area contributed by atoms with Crippen LogP contribution >= 0.6 is 15.9 Å². The van der Waals surface area contributed by atoms with E-state index in [2.05, 4.69) is 15.9 Å². The number of hydrogen-bond donors (Lipinski definition) is 0. The van der Waals surface area contributed by atoms with Crippen LogP contribution in [0.1, 0.15) is 0 Å². The number of ether oxygens (including phenoxy) is 2. The van der Waals surface area contributed by atoms with Crippen molar-refractivity contribution in [3.8, 4) is 11.5 Å². The number of fused-ring (bicyclic) bond motifs is 1. The van der Waals surface area contributed by atoms with Gasteiger partial charge in [0.2, 0.25) is 5.91 Å². The summed E-state index contributed by atoms with van der Waals surface area (Å²) in [5, 5.41) is 0. The van der Waals surface area contributed by atoms with Gasteiger partial charge in [0.1, 0.15) is 18.1 Å². The molecule has 7 nitrogen and oxygen atoms in total. The minimum Gasteiger partial charge on any atom is -0.497 e. The van der Waals surface area contributed by atoms with E-state index in [9.17, 15) is 13.2 Å². The van der Waals surface area contributed by atoms with Crippen molar-refractivity contribution in [1.82, 2.24) is 4.90 Å². The second-order valence-corrected chi connectivity index (χ2v) is 10.5. The fraction of sp³-hybridized carbons (Fsp3) is 0.381. The van der Waals surface area contributed by atoms with E-state index in [0.29, 0.717) is 18.9 Å². The van der Waals surface area contributed by atoms with Crippen LogP contribution in [0.2, 0.25) is 0 Å². The zero-order valence-electron chi connectivity index (χ0n) is 16.5. The van der Waals surface area contributed by atoms with Gasteiger partial charge in [0.05, 0.1) is 31.2 Å². The Hall–Kier alpha value is -2.10. The van der Waals surface area contributed by atoms with E-state index in [1.807, 2.05) is 53.4 Å². The van der Waals surface area contributed by atoms with Crippen molar-refractivity contribution in [2.75, 3.05) is 43.2 Å². The van der Waals surface area contributed by atoms with Crippen molar-refractivity contribution < 1.29 is 22.7 Å². The molecule has 9 heteroatoms. The van der Waals surface area contributed by atoms with E-state index in [4.69, 9.17) is 9.47 Å². The Morgan fingerprint density at radius 3 is 2.30 bits per heavy atom. The van der Waals surface area contributed by atoms with Gasteiger partial charge in [0, 0.05) is 22.7 Å². The highest BCUT2D eigenvalue weighted by molar-refractivity contribution is 9.10. The molecule has 0 radical (unpaired) electrons. The Bertz CT molecular complexity index is 1010. The van der Waals surface area contributed by atoms with Gasteiger partial charge in [-0.15, -0.1) is 0 Å². The lowest BCUT2D eigenvalue weighted by molar-refractivity contribution is -0.123. The maximum Gasteiger partial charge on any atom is 0.241 e. The number of methoxy groups -OCH3 is 1. The fourth-order valence-electron chi connectivity index (χ4n) is 4.09. The highest BCUT2D eigenvalue weighted by Crippen LogP contribution is 2.32. The number of halogens is 1. The van der Waals surface area contributed by atoms with Crippen molar-refractivity contribution in [2.24, 2.45) is 0 Å². The lowest BCUT2D eigenvalue weighted by Crippen LogP contribution is -2.62. The quantitative estimate of drug-likeness (QED) is 0.613. The van der Waals surface area contributed by atoms with Crippen LogP contribution in [0.15, 0.2) is 53.0 Å². The molecule has 0 aromatic heterocycles. The standard InChI is InChI=1S/C21H23BrN2O5S/c1-28-17-6-8-18(9-7-17)29-11-10-23-12-21(25)24(16-4-2-15(22)3-5-16)20-14-30(26,27)13-19(20)23/h2-9,19-20H,10-14H2,1H3. The van der Waals surface area contributed by atoms with Gasteiger partial charge in [-0.2, -0.15) is 0 Å². The van der Waals surface area contributed by atoms with Crippen molar-refractivity contribution in [1.29, 1.82) is 0 Å². The van der Waals surface area contributed by atoms with Gasteiger partial charge in [-0.05, 0) is 48.5 Å². The molecule has 2 heterocycles. The van der Waals surface area contributed by atoms with Crippen LogP contribution < -0.4 is 14.4 Å². The van der Waals surface area contributed by atoms with Gasteiger partial charge >= 0.3 is 0 Å². The van der Waals surface area contributed by atoms with Gasteiger partial charge in [0.25, 0.3) is 0 Å². The number of carbonyl (C=O) groups is 1. The first-order valence-corrected chi connectivity index (χ1v) is 12.3. The molecule has 2 aromatic rings. The number of benzene rings is 2. The molecule has 30 heavy (non-hydrogen) atoms. The summed E-state index contributed by atoms with van der Waals surface area (Å²) in [6.45, 7) is 1.00. The summed E-state index contributed by atoms with van der Waals surface area (Å²) < 4.78 is 36.7. The zero-order valence-corrected chi connectivity index (χ0v) is 18.9. The van der Waals surface area contributed by atoms with Crippen molar-refractivity contribution in [2.45, 2.75) is 12.1 Å². The fourth-order valence-corrected chi connectivity index (χ4v) is 6.34. The predicted molar refractivity (Wildman–Crippen MR) is 118 cm³/mol. The molecule has 2 aromatic carbocycles. The van der Waals surface area contributed by atoms with Gasteiger partial charge in [0.15, 0.2) is 9.84 Å². The largest absolute Gasteiger partial charge is 0.497 e. The molecule has 0 spiro atoms. The average molecular weight is 495 g/mol. The van der Waals surface area contributed by atoms with Crippen LogP contribution in [-0.4, -0.2) is 69.6 Å². The van der Waals surface area contributed by atoms with E-state index >= 15 is 0 Å². The highest BCUT2D eigenvalue weighted by Gasteiger charge is 2.49. The summed E-state index contributed by atoms with van der Waals surface area (Å²) in [4.78, 5) is 16.6. The van der Waals surface area contributed by atoms with E-state index in [-0.39, 0.29) is 30.0 Å². The zero-order chi connectivity index (χ0) is 21.3. The van der Waals surface area contributed by atoms with Crippen molar-refractivity contribution in [3.05, 3.63) is 53.0 Å². The summed E-state index contributed by atoms with van der Waals surface area (Å²) in [6.07, 6.45) is 0. The van der Waals surface area contributed by atoms with Gasteiger partial charge in [-0.25, -0.2) is 8.42 Å². The maximum absolute atomic E-state index is 13.0. The van der Waals surface area contributed by atoms with Gasteiger partial charge < -0.3 is 14.4 Å². The molecule has 2 saturated heterocycles. The first-order valence-electron chi connectivity index (χ1n) is 9.65. The van der Waals surface area contributed by atoms with Crippen LogP contribution in [0, 0.1) is 0 Å². The molecule has 2 aliphatic heterocycles. The molecule has 0 bridgehead atoms. The van der Waals surface area contributed by atoms with Crippen LogP contribution in [0.4, 0.5) is 5.69 Å². The lowest BCUT2D eigenvalue weighted by atomic mass is 10.0. The normalized spacial score (nSPS) is 23.3. The summed E-state index contributed by atoms with van der Waals surface area (Å²) in [5.41, 5.74) is 0.726. The molecule has 2 unspecified atom stereocenters. The molecule has 1 amide bonds. The highest BCUT2D eigenvalue weighted by atomic mass is 79.9. The molecule has 2 aliphatic rings. The molecule has 2 atom stereocenters. The Morgan fingerprint density at radius 2 is 1.63 bits per heavy atom. The van der Waals surface area contributed by atoms with Gasteiger partial charge in [-0.3, -0.25) is 9.69 Å². The Balaban J connectivity index is 1.47. The molecule has 0 saturated carbocycles. The third-order valence-electron chi connectivity index (χ3n) is 5.51. The topological polar surface area (TPSA) is 76.2 Å². The Morgan fingerprint density at radius 1 is 1.00 bits per heavy atom. The van der Waals surface area contributed by atoms with Crippen LogP contribution in [-0.2, 0) is 14.6 Å². The summed E-state index contributed by atoms with van der Waals surface area (Å²) in [6, 6.07) is 14.0. The first-order chi connectivity index (χ1) is 14.4. The van der Waals surface area contributed by atoms with Gasteiger partial charge in [-0.1, -0.05) is 15.9 Å². The minimum absolute atomic E-state index is 0.0185.